The van der Waals surface area contributed by atoms with Gasteiger partial charge in [-0.2, -0.15) is 0 Å². The number of likely N-dealkylation sites (tertiary alicyclic amines) is 1. The van der Waals surface area contributed by atoms with Crippen LogP contribution in [0.1, 0.15) is 19.3 Å². The van der Waals surface area contributed by atoms with Gasteiger partial charge < -0.3 is 10.6 Å². The summed E-state index contributed by atoms with van der Waals surface area (Å²) in [5.41, 5.74) is 5.96. The predicted octanol–water partition coefficient (Wildman–Crippen LogP) is 2.18. The minimum absolute atomic E-state index is 0.0816. The molecule has 0 aromatic heterocycles. The molecule has 1 aromatic carbocycles. The lowest BCUT2D eigenvalue weighted by Crippen LogP contribution is -2.23. The Balaban J connectivity index is 2.01. The molecule has 106 valence electrons. The van der Waals surface area contributed by atoms with E-state index in [1.54, 1.807) is 18.2 Å². The topological polar surface area (TPSA) is 63.4 Å². The Labute approximate surface area is 119 Å². The van der Waals surface area contributed by atoms with Crippen LogP contribution in [0.4, 0.5) is 5.69 Å². The van der Waals surface area contributed by atoms with Crippen molar-refractivity contribution in [2.24, 2.45) is 0 Å². The molecule has 2 N–H and O–H groups in total. The maximum absolute atomic E-state index is 12.3. The van der Waals surface area contributed by atoms with Crippen molar-refractivity contribution < 1.29 is 8.42 Å². The van der Waals surface area contributed by atoms with E-state index in [2.05, 4.69) is 4.90 Å². The molecule has 0 aliphatic carbocycles. The van der Waals surface area contributed by atoms with Gasteiger partial charge in [0.25, 0.3) is 0 Å². The molecule has 0 amide bonds. The molecule has 0 radical (unpaired) electrons. The Kier molecular flexibility index (Phi) is 4.71. The van der Waals surface area contributed by atoms with Crippen molar-refractivity contribution in [2.45, 2.75) is 24.2 Å². The average Bonchev–Trinajstić information content (AvgIpc) is 2.81. The number of nitrogens with zero attached hydrogens (tertiary/aromatic N) is 1. The van der Waals surface area contributed by atoms with Crippen molar-refractivity contribution in [2.75, 3.05) is 31.1 Å². The molecule has 0 atom stereocenters. The van der Waals surface area contributed by atoms with E-state index < -0.39 is 9.84 Å². The number of benzene rings is 1. The molecular formula is C13H19ClN2O2S. The Bertz CT molecular complexity index is 519. The van der Waals surface area contributed by atoms with Gasteiger partial charge in [0.1, 0.15) is 4.90 Å². The van der Waals surface area contributed by atoms with Gasteiger partial charge >= 0.3 is 0 Å². The molecule has 0 bridgehead atoms. The summed E-state index contributed by atoms with van der Waals surface area (Å²) >= 11 is 5.95. The second kappa shape index (κ2) is 6.11. The monoisotopic (exact) mass is 302 g/mol. The maximum Gasteiger partial charge on any atom is 0.181 e. The molecular weight excluding hydrogens is 284 g/mol. The van der Waals surface area contributed by atoms with Crippen LogP contribution in [0.15, 0.2) is 23.1 Å². The lowest BCUT2D eigenvalue weighted by Gasteiger charge is -2.14. The zero-order valence-electron chi connectivity index (χ0n) is 10.8. The highest BCUT2D eigenvalue weighted by molar-refractivity contribution is 7.91. The molecule has 1 heterocycles. The molecule has 1 aliphatic rings. The number of hydrogen-bond donors (Lipinski definition) is 1. The molecule has 6 heteroatoms. The third-order valence-electron chi connectivity index (χ3n) is 3.39. The van der Waals surface area contributed by atoms with E-state index in [0.29, 0.717) is 6.42 Å². The Hall–Kier alpha value is -0.780. The second-order valence-electron chi connectivity index (χ2n) is 4.88. The Morgan fingerprint density at radius 2 is 1.95 bits per heavy atom. The molecule has 1 aliphatic heterocycles. The zero-order valence-corrected chi connectivity index (χ0v) is 12.4. The molecule has 0 unspecified atom stereocenters. The molecule has 1 saturated heterocycles. The van der Waals surface area contributed by atoms with Crippen molar-refractivity contribution in [3.8, 4) is 0 Å². The first-order chi connectivity index (χ1) is 9.00. The molecule has 2 rings (SSSR count). The second-order valence-corrected chi connectivity index (χ2v) is 7.33. The molecule has 0 spiro atoms. The van der Waals surface area contributed by atoms with Gasteiger partial charge in [0, 0.05) is 0 Å². The first-order valence-electron chi connectivity index (χ1n) is 6.50. The number of hydrogen-bond acceptors (Lipinski definition) is 4. The van der Waals surface area contributed by atoms with E-state index in [1.807, 2.05) is 0 Å². The molecule has 0 saturated carbocycles. The lowest BCUT2D eigenvalue weighted by atomic mass is 10.3. The largest absolute Gasteiger partial charge is 0.398 e. The fraction of sp³-hybridized carbons (Fsp3) is 0.538. The van der Waals surface area contributed by atoms with Crippen molar-refractivity contribution in [1.82, 2.24) is 4.90 Å². The normalized spacial score (nSPS) is 16.9. The zero-order chi connectivity index (χ0) is 13.9. The Morgan fingerprint density at radius 3 is 2.58 bits per heavy atom. The van der Waals surface area contributed by atoms with Crippen LogP contribution in [0.2, 0.25) is 5.02 Å². The quantitative estimate of drug-likeness (QED) is 0.847. The van der Waals surface area contributed by atoms with Crippen LogP contribution in [-0.4, -0.2) is 38.7 Å². The summed E-state index contributed by atoms with van der Waals surface area (Å²) in [7, 11) is -3.40. The summed E-state index contributed by atoms with van der Waals surface area (Å²) in [4.78, 5) is 2.38. The highest BCUT2D eigenvalue weighted by atomic mass is 35.5. The van der Waals surface area contributed by atoms with Crippen LogP contribution in [0.5, 0.6) is 0 Å². The fourth-order valence-corrected chi connectivity index (χ4v) is 4.48. The third-order valence-corrected chi connectivity index (χ3v) is 5.73. The van der Waals surface area contributed by atoms with Crippen molar-refractivity contribution >= 4 is 27.1 Å². The van der Waals surface area contributed by atoms with E-state index >= 15 is 0 Å². The van der Waals surface area contributed by atoms with Crippen LogP contribution < -0.4 is 5.73 Å². The highest BCUT2D eigenvalue weighted by Crippen LogP contribution is 2.28. The van der Waals surface area contributed by atoms with Gasteiger partial charge in [-0.1, -0.05) is 17.7 Å². The maximum atomic E-state index is 12.3. The minimum Gasteiger partial charge on any atom is -0.398 e. The number of rotatable bonds is 5. The fourth-order valence-electron chi connectivity index (χ4n) is 2.44. The van der Waals surface area contributed by atoms with E-state index in [9.17, 15) is 8.42 Å². The minimum atomic E-state index is -3.40. The number of anilines is 1. The van der Waals surface area contributed by atoms with E-state index in [1.165, 1.54) is 12.8 Å². The van der Waals surface area contributed by atoms with Crippen LogP contribution in [0.25, 0.3) is 0 Å². The molecule has 1 fully saturated rings. The summed E-state index contributed by atoms with van der Waals surface area (Å²) in [6.07, 6.45) is 3.04. The Morgan fingerprint density at radius 1 is 1.26 bits per heavy atom. The van der Waals surface area contributed by atoms with Crippen molar-refractivity contribution in [3.63, 3.8) is 0 Å². The van der Waals surface area contributed by atoms with Crippen molar-refractivity contribution in [3.05, 3.63) is 23.2 Å². The molecule has 1 aromatic rings. The van der Waals surface area contributed by atoms with E-state index in [0.717, 1.165) is 19.6 Å². The van der Waals surface area contributed by atoms with Gasteiger partial charge in [0.15, 0.2) is 9.84 Å². The number of nitrogen functional groups attached to an aromatic ring is 1. The van der Waals surface area contributed by atoms with Gasteiger partial charge in [0.05, 0.1) is 16.5 Å². The summed E-state index contributed by atoms with van der Waals surface area (Å²) in [5, 5.41) is 0.209. The van der Waals surface area contributed by atoms with Crippen LogP contribution in [0.3, 0.4) is 0 Å². The molecule has 4 nitrogen and oxygen atoms in total. The standard InChI is InChI=1S/C13H19ClN2O2S/c14-11-5-3-6-12(15)13(11)19(17,18)10-4-9-16-7-1-2-8-16/h3,5-6H,1-2,4,7-10,15H2. The smallest absolute Gasteiger partial charge is 0.181 e. The first kappa shape index (κ1) is 14.6. The number of halogens is 1. The van der Waals surface area contributed by atoms with Crippen molar-refractivity contribution in [1.29, 1.82) is 0 Å². The molecule has 19 heavy (non-hydrogen) atoms. The highest BCUT2D eigenvalue weighted by Gasteiger charge is 2.21. The summed E-state index contributed by atoms with van der Waals surface area (Å²) in [5.74, 6) is 0.0947. The SMILES string of the molecule is Nc1cccc(Cl)c1S(=O)(=O)CCCN1CCCC1. The van der Waals surface area contributed by atoms with E-state index in [-0.39, 0.29) is 21.4 Å². The number of nitrogens with two attached hydrogens (primary N) is 1. The summed E-state index contributed by atoms with van der Waals surface area (Å²) < 4.78 is 24.5. The van der Waals surface area contributed by atoms with Crippen LogP contribution in [-0.2, 0) is 9.84 Å². The predicted molar refractivity (Wildman–Crippen MR) is 78.2 cm³/mol. The summed E-state index contributed by atoms with van der Waals surface area (Å²) in [6, 6.07) is 4.78. The van der Waals surface area contributed by atoms with Gasteiger partial charge in [-0.25, -0.2) is 8.42 Å². The van der Waals surface area contributed by atoms with Gasteiger partial charge in [0.2, 0.25) is 0 Å². The third kappa shape index (κ3) is 3.61. The van der Waals surface area contributed by atoms with Crippen LogP contribution >= 0.6 is 11.6 Å². The summed E-state index contributed by atoms with van der Waals surface area (Å²) in [6.45, 7) is 2.98. The first-order valence-corrected chi connectivity index (χ1v) is 8.53. The van der Waals surface area contributed by atoms with Gasteiger partial charge in [-0.15, -0.1) is 0 Å². The van der Waals surface area contributed by atoms with E-state index in [4.69, 9.17) is 17.3 Å². The van der Waals surface area contributed by atoms with Crippen LogP contribution in [0, 0.1) is 0 Å². The van der Waals surface area contributed by atoms with Gasteiger partial charge in [-0.3, -0.25) is 0 Å². The lowest BCUT2D eigenvalue weighted by molar-refractivity contribution is 0.340. The van der Waals surface area contributed by atoms with Gasteiger partial charge in [-0.05, 0) is 51.0 Å². The average molecular weight is 303 g/mol. The number of sulfone groups is 1.